The van der Waals surface area contributed by atoms with E-state index < -0.39 is 65.0 Å². The fraction of sp³-hybridized carbons (Fsp3) is 0.303. The van der Waals surface area contributed by atoms with Gasteiger partial charge in [-0.05, 0) is 75.9 Å². The van der Waals surface area contributed by atoms with Crippen LogP contribution in [0, 0.1) is 0 Å². The first-order chi connectivity index (χ1) is 48.5. The van der Waals surface area contributed by atoms with Gasteiger partial charge in [-0.25, -0.2) is 9.97 Å². The third-order valence-electron chi connectivity index (χ3n) is 15.9. The second kappa shape index (κ2) is 32.1. The van der Waals surface area contributed by atoms with Crippen LogP contribution < -0.4 is 63.8 Å². The second-order valence-corrected chi connectivity index (χ2v) is 24.4. The first-order valence-corrected chi connectivity index (χ1v) is 31.9. The lowest BCUT2D eigenvalue weighted by atomic mass is 10.3. The van der Waals surface area contributed by atoms with Crippen LogP contribution in [0.4, 0.5) is 45.6 Å². The summed E-state index contributed by atoms with van der Waals surface area (Å²) in [6, 6.07) is 10.3. The van der Waals surface area contributed by atoms with Gasteiger partial charge in [0.1, 0.15) is 39.9 Å². The van der Waals surface area contributed by atoms with Crippen LogP contribution >= 0.6 is 0 Å². The zero-order chi connectivity index (χ0) is 73.8. The zero-order valence-corrected chi connectivity index (χ0v) is 57.9. The van der Waals surface area contributed by atoms with E-state index in [9.17, 15) is 57.5 Å². The number of carbonyl (C=O) groups excluding carboxylic acids is 12. The summed E-state index contributed by atoms with van der Waals surface area (Å²) in [6.07, 6.45) is 16.3. The summed E-state index contributed by atoms with van der Waals surface area (Å²) < 4.78 is 13.6. The third kappa shape index (κ3) is 18.6. The van der Waals surface area contributed by atoms with E-state index >= 15 is 0 Å². The number of carbonyl (C=O) groups is 12. The van der Waals surface area contributed by atoms with Crippen LogP contribution in [-0.4, -0.2) is 174 Å². The molecule has 0 radical (unpaired) electrons. The molecule has 0 aliphatic heterocycles. The number of rotatable bonds is 30. The van der Waals surface area contributed by atoms with Crippen molar-refractivity contribution in [2.24, 2.45) is 63.4 Å². The van der Waals surface area contributed by atoms with Crippen LogP contribution in [0.2, 0.25) is 0 Å². The molecule has 0 saturated carbocycles. The maximum atomic E-state index is 13.5. The number of anilines is 8. The minimum absolute atomic E-state index is 0.00611. The maximum absolute atomic E-state index is 13.5. The summed E-state index contributed by atoms with van der Waals surface area (Å²) in [4.78, 5) is 167. The Hall–Kier alpha value is -13.0. The number of aryl methyl sites for hydroxylation is 9. The van der Waals surface area contributed by atoms with Crippen LogP contribution in [0.15, 0.2) is 104 Å². The Labute approximate surface area is 583 Å². The predicted octanol–water partition coefficient (Wildman–Crippen LogP) is 2.74. The summed E-state index contributed by atoms with van der Waals surface area (Å²) >= 11 is 0. The monoisotopic (exact) mass is 1400 g/mol. The smallest absolute Gasteiger partial charge is 0.291 e. The fourth-order valence-corrected chi connectivity index (χ4v) is 10.8. The average molecular weight is 1400 g/mol. The molecule has 0 fully saturated rings. The predicted molar refractivity (Wildman–Crippen MR) is 376 cm³/mol. The van der Waals surface area contributed by atoms with Crippen molar-refractivity contribution >= 4 is 117 Å². The van der Waals surface area contributed by atoms with Gasteiger partial charge in [0.2, 0.25) is 23.5 Å². The van der Waals surface area contributed by atoms with Gasteiger partial charge in [-0.15, -0.1) is 0 Å². The molecule has 12 amide bonds. The SMILES string of the molecule is CN(C)CCCNC(=O)CNC(=O)c1cc(NC(=O)c2cc(NC(=O)c3cc(NC(=O)CCNC(=O)c4cc(NC(=O)c5cc(NC(=O)c6nc(NC(=O)CCCNC(=O)c7cc(NC(=O)c8cc(NC(=O)c9nccn9C)cn8C)cn7C)cn6C)cn5C)cn4C)cn3C)cn2C)cn1C. The Bertz CT molecular complexity index is 4720. The van der Waals surface area contributed by atoms with Gasteiger partial charge in [0.25, 0.3) is 53.2 Å². The average Bonchev–Trinajstić information content (AvgIpc) is 1.69. The van der Waals surface area contributed by atoms with Crippen LogP contribution in [0.3, 0.4) is 0 Å². The summed E-state index contributed by atoms with van der Waals surface area (Å²) in [5.74, 6) is -5.67. The molecule has 0 atom stereocenters. The molecule has 9 aromatic heterocycles. The Morgan fingerprint density at radius 1 is 0.333 bits per heavy atom. The van der Waals surface area contributed by atoms with Crippen molar-refractivity contribution in [2.75, 3.05) is 89.4 Å². The Morgan fingerprint density at radius 2 is 0.676 bits per heavy atom. The quantitative estimate of drug-likeness (QED) is 0.0288. The van der Waals surface area contributed by atoms with Gasteiger partial charge >= 0.3 is 0 Å². The van der Waals surface area contributed by atoms with E-state index in [0.29, 0.717) is 35.0 Å². The first kappa shape index (κ1) is 73.2. The van der Waals surface area contributed by atoms with Gasteiger partial charge in [0.15, 0.2) is 11.6 Å². The fourth-order valence-electron chi connectivity index (χ4n) is 10.8. The largest absolute Gasteiger partial charge is 0.355 e. The minimum atomic E-state index is -0.645. The maximum Gasteiger partial charge on any atom is 0.291 e. The van der Waals surface area contributed by atoms with Gasteiger partial charge < -0.3 is 110 Å². The van der Waals surface area contributed by atoms with E-state index in [1.807, 2.05) is 19.0 Å². The molecule has 9 heterocycles. The molecule has 102 heavy (non-hydrogen) atoms. The molecule has 0 aliphatic rings. The van der Waals surface area contributed by atoms with Crippen molar-refractivity contribution in [3.8, 4) is 0 Å². The van der Waals surface area contributed by atoms with Crippen molar-refractivity contribution < 1.29 is 57.5 Å². The Kier molecular flexibility index (Phi) is 23.1. The van der Waals surface area contributed by atoms with Gasteiger partial charge in [-0.3, -0.25) is 57.5 Å². The Morgan fingerprint density at radius 3 is 1.07 bits per heavy atom. The topological polar surface area (TPSA) is 423 Å². The van der Waals surface area contributed by atoms with Crippen LogP contribution in [0.5, 0.6) is 0 Å². The lowest BCUT2D eigenvalue weighted by molar-refractivity contribution is -0.120. The molecule has 0 aromatic carbocycles. The molecule has 36 heteroatoms. The highest BCUT2D eigenvalue weighted by Gasteiger charge is 2.25. The van der Waals surface area contributed by atoms with E-state index in [0.717, 1.165) is 13.0 Å². The molecule has 9 rings (SSSR count). The lowest BCUT2D eigenvalue weighted by Gasteiger charge is -2.10. The highest BCUT2D eigenvalue weighted by atomic mass is 16.2. The number of hydrogen-bond donors (Lipinski definition) is 12. The molecular weight excluding hydrogens is 1320 g/mol. The summed E-state index contributed by atoms with van der Waals surface area (Å²) in [6.45, 7) is 1.12. The number of nitrogens with zero attached hydrogens (tertiary/aromatic N) is 12. The number of hydrogen-bond acceptors (Lipinski definition) is 15. The molecule has 12 N–H and O–H groups in total. The highest BCUT2D eigenvalue weighted by molar-refractivity contribution is 6.10. The summed E-state index contributed by atoms with van der Waals surface area (Å²) in [5, 5.41) is 32.7. The standard InChI is InChI=1S/C66H80N24O12/c1-81(2)20-13-17-67-55(93)29-71-60(96)47-25-41(33-85(47)6)75-62(98)49-26-42(34-87(49)8)76-61(97)48-22-38(30-86(48)7)72-54(92)15-18-70-59(95)46-24-40(32-84(46)5)74-64(100)51-28-44(36-89(51)10)78-66(102)57-80-52(37-90(57)11)79-53(91)14-12-16-69-58(94)45-23-39(31-83(45)4)73-63(99)50-27-43(35-88(50)9)77-65(101)56-68-19-21-82(56)3/h19,21-28,30-37H,12-18,20,29H2,1-11H3,(H,67,93)(H,69,94)(H,70,95)(H,71,96)(H,72,92)(H,73,99)(H,74,100)(H,75,98)(H,76,97)(H,77,101)(H,78,102)(H,79,91). The number of imidazole rings is 2. The number of amides is 12. The third-order valence-corrected chi connectivity index (χ3v) is 15.9. The van der Waals surface area contributed by atoms with Crippen LogP contribution in [0.25, 0.3) is 0 Å². The van der Waals surface area contributed by atoms with Gasteiger partial charge in [-0.2, -0.15) is 0 Å². The lowest BCUT2D eigenvalue weighted by Crippen LogP contribution is -2.38. The molecule has 9 aromatic rings. The van der Waals surface area contributed by atoms with E-state index in [4.69, 9.17) is 0 Å². The zero-order valence-electron chi connectivity index (χ0n) is 57.9. The van der Waals surface area contributed by atoms with Crippen molar-refractivity contribution in [3.05, 3.63) is 156 Å². The minimum Gasteiger partial charge on any atom is -0.355 e. The number of aromatic nitrogens is 11. The molecule has 36 nitrogen and oxygen atoms in total. The van der Waals surface area contributed by atoms with E-state index in [1.165, 1.54) is 101 Å². The van der Waals surface area contributed by atoms with E-state index in [1.54, 1.807) is 108 Å². The molecule has 0 spiro atoms. The van der Waals surface area contributed by atoms with Gasteiger partial charge in [0, 0.05) is 158 Å². The van der Waals surface area contributed by atoms with Crippen LogP contribution in [-0.2, 0) is 77.8 Å². The summed E-state index contributed by atoms with van der Waals surface area (Å²) in [7, 11) is 18.5. The molecule has 0 bridgehead atoms. The molecule has 536 valence electrons. The van der Waals surface area contributed by atoms with E-state index in [2.05, 4.69) is 73.8 Å². The number of nitrogens with one attached hydrogen (secondary N) is 12. The van der Waals surface area contributed by atoms with Crippen molar-refractivity contribution in [1.82, 2.24) is 77.2 Å². The molecule has 0 saturated heterocycles. The highest BCUT2D eigenvalue weighted by Crippen LogP contribution is 2.24. The molecule has 0 aliphatic carbocycles. The normalized spacial score (nSPS) is 11.0. The molecule has 0 unspecified atom stereocenters. The van der Waals surface area contributed by atoms with Crippen LogP contribution in [0.1, 0.15) is 120 Å². The van der Waals surface area contributed by atoms with Gasteiger partial charge in [0.05, 0.1) is 46.4 Å². The van der Waals surface area contributed by atoms with E-state index in [-0.39, 0.29) is 114 Å². The Balaban J connectivity index is 0.667. The second-order valence-electron chi connectivity index (χ2n) is 24.4. The van der Waals surface area contributed by atoms with Crippen molar-refractivity contribution in [3.63, 3.8) is 0 Å². The van der Waals surface area contributed by atoms with Gasteiger partial charge in [-0.1, -0.05) is 0 Å². The summed E-state index contributed by atoms with van der Waals surface area (Å²) in [5.41, 5.74) is 3.57. The van der Waals surface area contributed by atoms with Crippen molar-refractivity contribution in [1.29, 1.82) is 0 Å². The molecular formula is C66H80N24O12. The first-order valence-electron chi connectivity index (χ1n) is 31.9. The van der Waals surface area contributed by atoms with Crippen molar-refractivity contribution in [2.45, 2.75) is 25.7 Å².